The number of non-ortho nitro benzene ring substituents is 1. The molecule has 1 heterocycles. The topological polar surface area (TPSA) is 175 Å². The van der Waals surface area contributed by atoms with Crippen molar-refractivity contribution in [3.63, 3.8) is 0 Å². The van der Waals surface area contributed by atoms with Gasteiger partial charge in [0.1, 0.15) is 29.5 Å². The predicted molar refractivity (Wildman–Crippen MR) is 144 cm³/mol. The summed E-state index contributed by atoms with van der Waals surface area (Å²) in [4.78, 5) is 62.4. The zero-order valence-corrected chi connectivity index (χ0v) is 22.7. The zero-order chi connectivity index (χ0) is 29.5. The van der Waals surface area contributed by atoms with E-state index < -0.39 is 57.5 Å². The van der Waals surface area contributed by atoms with Crippen LogP contribution in [0.5, 0.6) is 5.75 Å². The van der Waals surface area contributed by atoms with Crippen molar-refractivity contribution in [2.45, 2.75) is 37.8 Å². The maximum atomic E-state index is 13.2. The van der Waals surface area contributed by atoms with E-state index in [4.69, 9.17) is 14.2 Å². The summed E-state index contributed by atoms with van der Waals surface area (Å²) in [5, 5.41) is 21.8. The van der Waals surface area contributed by atoms with Crippen molar-refractivity contribution in [1.29, 1.82) is 0 Å². The van der Waals surface area contributed by atoms with E-state index in [1.54, 1.807) is 30.3 Å². The molecule has 2 aliphatic rings. The van der Waals surface area contributed by atoms with Crippen LogP contribution in [0, 0.1) is 16.0 Å². The van der Waals surface area contributed by atoms with Crippen LogP contribution < -0.4 is 10.1 Å². The highest BCUT2D eigenvalue weighted by molar-refractivity contribution is 8.13. The first-order valence-electron chi connectivity index (χ1n) is 12.6. The molecule has 2 amide bonds. The third kappa shape index (κ3) is 7.75. The first kappa shape index (κ1) is 29.4. The Kier molecular flexibility index (Phi) is 9.45. The number of β-lactam (4-membered cyclic amide) rings is 1. The van der Waals surface area contributed by atoms with Crippen molar-refractivity contribution in [3.05, 3.63) is 81.7 Å². The zero-order valence-electron chi connectivity index (χ0n) is 21.9. The van der Waals surface area contributed by atoms with E-state index in [1.807, 2.05) is 0 Å². The first-order valence-corrected chi connectivity index (χ1v) is 13.5. The second kappa shape index (κ2) is 13.2. The molecule has 0 bridgehead atoms. The van der Waals surface area contributed by atoms with Crippen molar-refractivity contribution >= 4 is 40.5 Å². The summed E-state index contributed by atoms with van der Waals surface area (Å²) >= 11 is 0.586. The molecule has 216 valence electrons. The van der Waals surface area contributed by atoms with Crippen LogP contribution in [0.25, 0.3) is 0 Å². The molecule has 41 heavy (non-hydrogen) atoms. The van der Waals surface area contributed by atoms with Gasteiger partial charge in [0.15, 0.2) is 12.3 Å². The van der Waals surface area contributed by atoms with Gasteiger partial charge >= 0.3 is 11.3 Å². The lowest BCUT2D eigenvalue weighted by Gasteiger charge is -2.45. The number of nitro groups is 1. The van der Waals surface area contributed by atoms with E-state index in [0.717, 1.165) is 17.7 Å². The van der Waals surface area contributed by atoms with Gasteiger partial charge < -0.3 is 24.6 Å². The molecule has 2 atom stereocenters. The van der Waals surface area contributed by atoms with Gasteiger partial charge in [0.2, 0.25) is 0 Å². The van der Waals surface area contributed by atoms with Gasteiger partial charge in [0.05, 0.1) is 11.5 Å². The number of hydrogen-bond donors (Lipinski definition) is 2. The van der Waals surface area contributed by atoms with Crippen LogP contribution in [0.4, 0.5) is 10.5 Å². The van der Waals surface area contributed by atoms with Crippen molar-refractivity contribution in [1.82, 2.24) is 10.2 Å². The molecule has 0 aromatic heterocycles. The van der Waals surface area contributed by atoms with E-state index in [9.17, 15) is 34.4 Å². The van der Waals surface area contributed by atoms with Gasteiger partial charge in [-0.2, -0.15) is 0 Å². The third-order valence-electron chi connectivity index (χ3n) is 6.12. The largest absolute Gasteiger partial charge is 0.510 e. The van der Waals surface area contributed by atoms with Crippen molar-refractivity contribution in [2.24, 2.45) is 5.92 Å². The Balaban J connectivity index is 1.44. The Morgan fingerprint density at radius 1 is 1.10 bits per heavy atom. The summed E-state index contributed by atoms with van der Waals surface area (Å²) in [5.74, 6) is -2.31. The van der Waals surface area contributed by atoms with Crippen molar-refractivity contribution < 1.29 is 43.4 Å². The average molecular weight is 586 g/mol. The van der Waals surface area contributed by atoms with E-state index in [2.05, 4.69) is 5.32 Å². The summed E-state index contributed by atoms with van der Waals surface area (Å²) in [6.07, 6.45) is 1.90. The van der Waals surface area contributed by atoms with Gasteiger partial charge in [0, 0.05) is 12.1 Å². The molecular formula is C27H27N3O10S. The fraction of sp³-hybridized carbons (Fsp3) is 0.333. The Morgan fingerprint density at radius 2 is 1.78 bits per heavy atom. The molecule has 4 rings (SSSR count). The molecule has 1 aliphatic heterocycles. The molecule has 14 heteroatoms. The smallest absolute Gasteiger partial charge is 0.369 e. The normalized spacial score (nSPS) is 18.5. The molecule has 2 N–H and O–H groups in total. The number of nitrogens with one attached hydrogen (secondary N) is 1. The number of likely N-dealkylation sites (tertiary alicyclic amines) is 1. The first-order chi connectivity index (χ1) is 19.6. The van der Waals surface area contributed by atoms with Crippen LogP contribution >= 0.6 is 11.8 Å². The molecule has 0 radical (unpaired) electrons. The number of esters is 1. The molecule has 1 saturated heterocycles. The van der Waals surface area contributed by atoms with Crippen molar-refractivity contribution in [3.8, 4) is 5.75 Å². The number of benzene rings is 2. The van der Waals surface area contributed by atoms with Crippen LogP contribution in [-0.2, 0) is 30.5 Å². The number of amides is 2. The summed E-state index contributed by atoms with van der Waals surface area (Å²) in [6, 6.07) is 12.6. The number of thioether (sulfide) groups is 1. The number of ether oxygens (including phenoxy) is 3. The number of hydrogen-bond acceptors (Lipinski definition) is 11. The van der Waals surface area contributed by atoms with Crippen molar-refractivity contribution in [2.75, 3.05) is 13.2 Å². The van der Waals surface area contributed by atoms with Gasteiger partial charge in [-0.1, -0.05) is 18.2 Å². The number of nitro benzene ring substituents is 1. The third-order valence-corrected chi connectivity index (χ3v) is 7.15. The van der Waals surface area contributed by atoms with Crippen LogP contribution in [0.3, 0.4) is 0 Å². The maximum Gasteiger partial charge on any atom is 0.369 e. The monoisotopic (exact) mass is 585 g/mol. The highest BCUT2D eigenvalue weighted by atomic mass is 32.2. The lowest BCUT2D eigenvalue weighted by molar-refractivity contribution is -0.384. The van der Waals surface area contributed by atoms with Crippen LogP contribution in [0.1, 0.15) is 25.3 Å². The van der Waals surface area contributed by atoms with Crippen LogP contribution in [0.15, 0.2) is 66.1 Å². The summed E-state index contributed by atoms with van der Waals surface area (Å²) in [7, 11) is 0. The minimum atomic E-state index is -1.22. The highest BCUT2D eigenvalue weighted by Crippen LogP contribution is 2.37. The summed E-state index contributed by atoms with van der Waals surface area (Å²) in [5.41, 5.74) is -0.240. The molecule has 2 aromatic rings. The molecule has 1 aliphatic carbocycles. The maximum absolute atomic E-state index is 13.2. The molecular weight excluding hydrogens is 558 g/mol. The molecule has 13 nitrogen and oxygen atoms in total. The minimum Gasteiger partial charge on any atom is -0.510 e. The van der Waals surface area contributed by atoms with E-state index >= 15 is 0 Å². The average Bonchev–Trinajstić information content (AvgIpc) is 3.80. The molecule has 2 aromatic carbocycles. The lowest BCUT2D eigenvalue weighted by Crippen LogP contribution is -2.70. The van der Waals surface area contributed by atoms with Crippen LogP contribution in [0.2, 0.25) is 0 Å². The summed E-state index contributed by atoms with van der Waals surface area (Å²) in [6.45, 7) is 0.667. The number of allylic oxidation sites excluding steroid dienone is 1. The second-order valence-corrected chi connectivity index (χ2v) is 10.4. The molecule has 2 unspecified atom stereocenters. The predicted octanol–water partition coefficient (Wildman–Crippen LogP) is 3.44. The Bertz CT molecular complexity index is 1340. The van der Waals surface area contributed by atoms with E-state index in [0.29, 0.717) is 23.1 Å². The fourth-order valence-corrected chi connectivity index (χ4v) is 4.76. The van der Waals surface area contributed by atoms with Gasteiger partial charge in [0.25, 0.3) is 17.5 Å². The summed E-state index contributed by atoms with van der Waals surface area (Å²) < 4.78 is 15.9. The standard InChI is InChI=1S/C27H27N3O10S/c1-16(31)23(26(34)39-13-18-9-11-19(12-10-18)30(36)37)29-24(33)22(25(29)41-27(35)40-14-17-7-8-17)28-21(32)15-38-20-5-3-2-4-6-20/h2-6,9-12,17,22,25,31H,7-8,13-15H2,1H3,(H,28,32). The van der Waals surface area contributed by atoms with E-state index in [-0.39, 0.29) is 24.8 Å². The molecule has 0 spiro atoms. The van der Waals surface area contributed by atoms with Gasteiger partial charge in [-0.25, -0.2) is 9.59 Å². The second-order valence-electron chi connectivity index (χ2n) is 9.30. The number of aliphatic hydroxyl groups is 1. The van der Waals surface area contributed by atoms with Gasteiger partial charge in [-0.05, 0) is 67.3 Å². The molecule has 1 saturated carbocycles. The molecule has 2 fully saturated rings. The number of carbonyl (C=O) groups excluding carboxylic acids is 4. The Hall–Kier alpha value is -4.59. The Labute approximate surface area is 238 Å². The number of carbonyl (C=O) groups is 4. The van der Waals surface area contributed by atoms with Crippen LogP contribution in [-0.4, -0.2) is 62.6 Å². The number of para-hydroxylation sites is 1. The minimum absolute atomic E-state index is 0.145. The van der Waals surface area contributed by atoms with Gasteiger partial charge in [-0.3, -0.25) is 24.6 Å². The van der Waals surface area contributed by atoms with E-state index in [1.165, 1.54) is 31.2 Å². The number of rotatable bonds is 12. The number of nitrogens with zero attached hydrogens (tertiary/aromatic N) is 2. The highest BCUT2D eigenvalue weighted by Gasteiger charge is 2.54. The Morgan fingerprint density at radius 3 is 2.39 bits per heavy atom. The van der Waals surface area contributed by atoms with Gasteiger partial charge in [-0.15, -0.1) is 0 Å². The SMILES string of the molecule is CC(O)=C(C(=O)OCc1ccc([N+](=O)[O-])cc1)N1C(=O)C(NC(=O)COc2ccccc2)C1SC(=O)OCC1CC1. The number of aliphatic hydroxyl groups excluding tert-OH is 1. The quantitative estimate of drug-likeness (QED) is 0.0932. The fourth-order valence-electron chi connectivity index (χ4n) is 3.79. The lowest BCUT2D eigenvalue weighted by atomic mass is 10.1.